The third kappa shape index (κ3) is 4.71. The molecule has 26 heavy (non-hydrogen) atoms. The normalized spacial score (nSPS) is 17.2. The van der Waals surface area contributed by atoms with Crippen LogP contribution in [-0.4, -0.2) is 44.7 Å². The zero-order valence-corrected chi connectivity index (χ0v) is 15.6. The molecule has 0 spiro atoms. The molecule has 0 aromatic heterocycles. The quantitative estimate of drug-likeness (QED) is 0.781. The molecule has 1 saturated heterocycles. The number of ether oxygens (including phenoxy) is 1. The van der Waals surface area contributed by atoms with E-state index < -0.39 is 9.84 Å². The van der Waals surface area contributed by atoms with E-state index in [1.165, 1.54) is 12.1 Å². The van der Waals surface area contributed by atoms with E-state index in [1.807, 2.05) is 30.3 Å². The molecule has 0 bridgehead atoms. The van der Waals surface area contributed by atoms with Crippen LogP contribution in [0.3, 0.4) is 0 Å². The summed E-state index contributed by atoms with van der Waals surface area (Å²) >= 11 is 0. The third-order valence-electron chi connectivity index (χ3n) is 4.48. The molecule has 0 saturated carbocycles. The molecule has 5 nitrogen and oxygen atoms in total. The fourth-order valence-electron chi connectivity index (χ4n) is 3.08. The van der Waals surface area contributed by atoms with E-state index in [1.54, 1.807) is 17.0 Å². The van der Waals surface area contributed by atoms with Crippen LogP contribution in [0.4, 0.5) is 0 Å². The summed E-state index contributed by atoms with van der Waals surface area (Å²) in [5.41, 5.74) is 1.53. The van der Waals surface area contributed by atoms with Crippen LogP contribution in [0.25, 0.3) is 0 Å². The number of benzene rings is 2. The Bertz CT molecular complexity index is 841. The average Bonchev–Trinajstić information content (AvgIpc) is 3.14. The molecule has 138 valence electrons. The van der Waals surface area contributed by atoms with Crippen LogP contribution >= 0.6 is 0 Å². The molecule has 1 atom stereocenters. The zero-order valence-electron chi connectivity index (χ0n) is 14.8. The standard InChI is InChI=1S/C20H23NO4S/c1-26(23,24)19-11-9-17(10-12-19)20(22)21(15-18-8-5-13-25-18)14-16-6-3-2-4-7-16/h2-4,6-7,9-12,18H,5,8,13-15H2,1H3. The fourth-order valence-corrected chi connectivity index (χ4v) is 3.71. The van der Waals surface area contributed by atoms with Crippen molar-refractivity contribution < 1.29 is 17.9 Å². The lowest BCUT2D eigenvalue weighted by molar-refractivity contribution is 0.0507. The predicted molar refractivity (Wildman–Crippen MR) is 99.7 cm³/mol. The van der Waals surface area contributed by atoms with Crippen LogP contribution in [-0.2, 0) is 21.1 Å². The molecule has 1 heterocycles. The van der Waals surface area contributed by atoms with E-state index in [4.69, 9.17) is 4.74 Å². The Morgan fingerprint density at radius 2 is 1.81 bits per heavy atom. The van der Waals surface area contributed by atoms with Gasteiger partial charge in [-0.15, -0.1) is 0 Å². The Morgan fingerprint density at radius 3 is 2.38 bits per heavy atom. The second-order valence-electron chi connectivity index (χ2n) is 6.60. The van der Waals surface area contributed by atoms with Crippen LogP contribution in [0.1, 0.15) is 28.8 Å². The van der Waals surface area contributed by atoms with E-state index >= 15 is 0 Å². The van der Waals surface area contributed by atoms with Crippen LogP contribution in [0.15, 0.2) is 59.5 Å². The summed E-state index contributed by atoms with van der Waals surface area (Å²) in [6.07, 6.45) is 3.17. The van der Waals surface area contributed by atoms with Crippen LogP contribution in [0, 0.1) is 0 Å². The minimum atomic E-state index is -3.28. The van der Waals surface area contributed by atoms with Gasteiger partial charge in [-0.2, -0.15) is 0 Å². The molecule has 1 amide bonds. The molecule has 0 radical (unpaired) electrons. The van der Waals surface area contributed by atoms with E-state index in [0.717, 1.165) is 31.3 Å². The van der Waals surface area contributed by atoms with Crippen molar-refractivity contribution in [1.29, 1.82) is 0 Å². The summed E-state index contributed by atoms with van der Waals surface area (Å²) in [5.74, 6) is -0.121. The number of carbonyl (C=O) groups excluding carboxylic acids is 1. The molecule has 3 rings (SSSR count). The van der Waals surface area contributed by atoms with Crippen molar-refractivity contribution >= 4 is 15.7 Å². The van der Waals surface area contributed by atoms with Crippen molar-refractivity contribution in [3.8, 4) is 0 Å². The van der Waals surface area contributed by atoms with Gasteiger partial charge < -0.3 is 9.64 Å². The smallest absolute Gasteiger partial charge is 0.254 e. The molecule has 2 aromatic carbocycles. The van der Waals surface area contributed by atoms with Crippen molar-refractivity contribution in [1.82, 2.24) is 4.90 Å². The lowest BCUT2D eigenvalue weighted by Gasteiger charge is -2.26. The average molecular weight is 373 g/mol. The first kappa shape index (κ1) is 18.6. The van der Waals surface area contributed by atoms with Gasteiger partial charge in [-0.3, -0.25) is 4.79 Å². The van der Waals surface area contributed by atoms with Crippen LogP contribution in [0.5, 0.6) is 0 Å². The maximum atomic E-state index is 13.0. The van der Waals surface area contributed by atoms with Gasteiger partial charge in [0.25, 0.3) is 5.91 Å². The van der Waals surface area contributed by atoms with Gasteiger partial charge in [0.15, 0.2) is 9.84 Å². The topological polar surface area (TPSA) is 63.7 Å². The summed E-state index contributed by atoms with van der Waals surface area (Å²) in [6, 6.07) is 15.9. The molecular weight excluding hydrogens is 350 g/mol. The number of rotatable bonds is 6. The number of hydrogen-bond acceptors (Lipinski definition) is 4. The summed E-state index contributed by atoms with van der Waals surface area (Å²) in [7, 11) is -3.28. The largest absolute Gasteiger partial charge is 0.376 e. The van der Waals surface area contributed by atoms with Crippen molar-refractivity contribution in [2.75, 3.05) is 19.4 Å². The van der Waals surface area contributed by atoms with Gasteiger partial charge in [0.05, 0.1) is 11.0 Å². The highest BCUT2D eigenvalue weighted by Crippen LogP contribution is 2.18. The Labute approximate surface area is 154 Å². The minimum absolute atomic E-state index is 0.0537. The third-order valence-corrected chi connectivity index (χ3v) is 5.61. The second-order valence-corrected chi connectivity index (χ2v) is 8.62. The summed E-state index contributed by atoms with van der Waals surface area (Å²) in [4.78, 5) is 15.0. The number of hydrogen-bond donors (Lipinski definition) is 0. The van der Waals surface area contributed by atoms with E-state index in [2.05, 4.69) is 0 Å². The maximum Gasteiger partial charge on any atom is 0.254 e. The van der Waals surface area contributed by atoms with Gasteiger partial charge in [-0.05, 0) is 42.7 Å². The molecule has 2 aromatic rings. The summed E-state index contributed by atoms with van der Waals surface area (Å²) in [6.45, 7) is 1.76. The van der Waals surface area contributed by atoms with Gasteiger partial charge in [0.1, 0.15) is 0 Å². The minimum Gasteiger partial charge on any atom is -0.376 e. The fraction of sp³-hybridized carbons (Fsp3) is 0.350. The highest BCUT2D eigenvalue weighted by Gasteiger charge is 2.24. The highest BCUT2D eigenvalue weighted by molar-refractivity contribution is 7.90. The maximum absolute atomic E-state index is 13.0. The van der Waals surface area contributed by atoms with Gasteiger partial charge in [0.2, 0.25) is 0 Å². The summed E-state index contributed by atoms with van der Waals surface area (Å²) in [5, 5.41) is 0. The van der Waals surface area contributed by atoms with E-state index in [-0.39, 0.29) is 16.9 Å². The van der Waals surface area contributed by atoms with Gasteiger partial charge in [-0.1, -0.05) is 30.3 Å². The molecule has 1 aliphatic rings. The van der Waals surface area contributed by atoms with Crippen molar-refractivity contribution in [2.45, 2.75) is 30.4 Å². The van der Waals surface area contributed by atoms with Gasteiger partial charge in [0, 0.05) is 31.5 Å². The monoisotopic (exact) mass is 373 g/mol. The zero-order chi connectivity index (χ0) is 18.6. The molecule has 1 fully saturated rings. The lowest BCUT2D eigenvalue weighted by Crippen LogP contribution is -2.37. The first-order chi connectivity index (χ1) is 12.4. The Hall–Kier alpha value is -2.18. The van der Waals surface area contributed by atoms with E-state index in [0.29, 0.717) is 18.7 Å². The Kier molecular flexibility index (Phi) is 5.74. The van der Waals surface area contributed by atoms with E-state index in [9.17, 15) is 13.2 Å². The van der Waals surface area contributed by atoms with Crippen LogP contribution in [0.2, 0.25) is 0 Å². The van der Waals surface area contributed by atoms with Crippen molar-refractivity contribution in [2.24, 2.45) is 0 Å². The number of amides is 1. The Balaban J connectivity index is 1.81. The Morgan fingerprint density at radius 1 is 1.12 bits per heavy atom. The lowest BCUT2D eigenvalue weighted by atomic mass is 10.1. The van der Waals surface area contributed by atoms with Crippen molar-refractivity contribution in [3.63, 3.8) is 0 Å². The molecule has 0 aliphatic carbocycles. The predicted octanol–water partition coefficient (Wildman–Crippen LogP) is 2.91. The summed E-state index contributed by atoms with van der Waals surface area (Å²) < 4.78 is 28.9. The van der Waals surface area contributed by atoms with Gasteiger partial charge >= 0.3 is 0 Å². The molecule has 1 aliphatic heterocycles. The first-order valence-electron chi connectivity index (χ1n) is 8.68. The highest BCUT2D eigenvalue weighted by atomic mass is 32.2. The SMILES string of the molecule is CS(=O)(=O)c1ccc(C(=O)N(Cc2ccccc2)CC2CCCO2)cc1. The number of carbonyl (C=O) groups is 1. The molecule has 1 unspecified atom stereocenters. The van der Waals surface area contributed by atoms with Gasteiger partial charge in [-0.25, -0.2) is 8.42 Å². The molecular formula is C20H23NO4S. The first-order valence-corrected chi connectivity index (χ1v) is 10.6. The van der Waals surface area contributed by atoms with Crippen molar-refractivity contribution in [3.05, 3.63) is 65.7 Å². The number of nitrogens with zero attached hydrogens (tertiary/aromatic N) is 1. The molecule has 6 heteroatoms. The van der Waals surface area contributed by atoms with Crippen LogP contribution < -0.4 is 0 Å². The number of sulfone groups is 1. The second kappa shape index (κ2) is 8.01. The molecule has 0 N–H and O–H groups in total.